The third-order valence-electron chi connectivity index (χ3n) is 2.72. The van der Waals surface area contributed by atoms with Crippen molar-refractivity contribution in [3.8, 4) is 0 Å². The Bertz CT molecular complexity index is 713. The molecule has 0 fully saturated rings. The number of halogens is 2. The summed E-state index contributed by atoms with van der Waals surface area (Å²) >= 11 is 0. The molecule has 0 spiro atoms. The van der Waals surface area contributed by atoms with E-state index in [0.717, 1.165) is 17.7 Å². The summed E-state index contributed by atoms with van der Waals surface area (Å²) < 4.78 is 53.2. The van der Waals surface area contributed by atoms with Crippen molar-refractivity contribution >= 4 is 15.7 Å². The van der Waals surface area contributed by atoms with E-state index in [0.29, 0.717) is 6.42 Å². The van der Waals surface area contributed by atoms with Gasteiger partial charge in [-0.3, -0.25) is 4.98 Å². The number of nitrogens with two attached hydrogens (primary N) is 1. The molecular formula is C13H13F2N3O2S. The monoisotopic (exact) mass is 313 g/mol. The van der Waals surface area contributed by atoms with E-state index in [4.69, 9.17) is 5.73 Å². The Morgan fingerprint density at radius 2 is 1.90 bits per heavy atom. The molecule has 0 amide bonds. The number of sulfonamides is 1. The Kier molecular flexibility index (Phi) is 4.49. The molecule has 1 aromatic carbocycles. The molecule has 0 aliphatic rings. The number of hydrogen-bond donors (Lipinski definition) is 2. The van der Waals surface area contributed by atoms with Gasteiger partial charge in [0.25, 0.3) is 0 Å². The van der Waals surface area contributed by atoms with Gasteiger partial charge in [-0.15, -0.1) is 0 Å². The van der Waals surface area contributed by atoms with Crippen LogP contribution in [0.2, 0.25) is 0 Å². The van der Waals surface area contributed by atoms with Crippen molar-refractivity contribution in [2.24, 2.45) is 0 Å². The molecule has 1 aromatic heterocycles. The van der Waals surface area contributed by atoms with Gasteiger partial charge in [-0.05, 0) is 30.2 Å². The summed E-state index contributed by atoms with van der Waals surface area (Å²) in [5.74, 6) is -2.44. The average Bonchev–Trinajstić information content (AvgIpc) is 2.38. The predicted octanol–water partition coefficient (Wildman–Crippen LogP) is 1.46. The maximum Gasteiger partial charge on any atom is 0.246 e. The quantitative estimate of drug-likeness (QED) is 0.819. The van der Waals surface area contributed by atoms with Crippen molar-refractivity contribution in [2.75, 3.05) is 12.3 Å². The highest BCUT2D eigenvalue weighted by Crippen LogP contribution is 2.21. The van der Waals surface area contributed by atoms with Gasteiger partial charge in [0.05, 0.1) is 0 Å². The lowest BCUT2D eigenvalue weighted by Gasteiger charge is -2.09. The smallest absolute Gasteiger partial charge is 0.246 e. The zero-order valence-corrected chi connectivity index (χ0v) is 11.7. The maximum absolute atomic E-state index is 13.6. The topological polar surface area (TPSA) is 85.1 Å². The van der Waals surface area contributed by atoms with E-state index in [9.17, 15) is 17.2 Å². The second kappa shape index (κ2) is 6.15. The summed E-state index contributed by atoms with van der Waals surface area (Å²) in [6.45, 7) is -0.00270. The molecule has 0 bridgehead atoms. The Morgan fingerprint density at radius 3 is 2.48 bits per heavy atom. The second-order valence-electron chi connectivity index (χ2n) is 4.32. The van der Waals surface area contributed by atoms with E-state index in [-0.39, 0.29) is 12.2 Å². The SMILES string of the molecule is Nc1cc(F)c(S(=O)(=O)NCCc2cccnc2)c(F)c1. The lowest BCUT2D eigenvalue weighted by Crippen LogP contribution is -2.27. The average molecular weight is 313 g/mol. The van der Waals surface area contributed by atoms with Gasteiger partial charge in [-0.1, -0.05) is 6.07 Å². The Morgan fingerprint density at radius 1 is 1.24 bits per heavy atom. The number of anilines is 1. The molecule has 3 N–H and O–H groups in total. The molecule has 0 saturated heterocycles. The highest BCUT2D eigenvalue weighted by atomic mass is 32.2. The van der Waals surface area contributed by atoms with Crippen LogP contribution in [0.3, 0.4) is 0 Å². The number of rotatable bonds is 5. The van der Waals surface area contributed by atoms with Gasteiger partial charge >= 0.3 is 0 Å². The molecule has 112 valence electrons. The largest absolute Gasteiger partial charge is 0.399 e. The van der Waals surface area contributed by atoms with Crippen LogP contribution in [-0.4, -0.2) is 19.9 Å². The van der Waals surface area contributed by atoms with Crippen molar-refractivity contribution < 1.29 is 17.2 Å². The summed E-state index contributed by atoms with van der Waals surface area (Å²) in [5, 5.41) is 0. The van der Waals surface area contributed by atoms with E-state index in [1.54, 1.807) is 24.5 Å². The molecule has 2 aromatic rings. The van der Waals surface area contributed by atoms with Crippen molar-refractivity contribution in [2.45, 2.75) is 11.3 Å². The van der Waals surface area contributed by atoms with E-state index < -0.39 is 26.6 Å². The van der Waals surface area contributed by atoms with Crippen LogP contribution < -0.4 is 10.5 Å². The first-order valence-corrected chi connectivity index (χ1v) is 7.51. The van der Waals surface area contributed by atoms with E-state index in [1.807, 2.05) is 0 Å². The Labute approximate surface area is 120 Å². The predicted molar refractivity (Wildman–Crippen MR) is 73.9 cm³/mol. The third-order valence-corrected chi connectivity index (χ3v) is 4.23. The van der Waals surface area contributed by atoms with Gasteiger partial charge in [0.15, 0.2) is 4.90 Å². The van der Waals surface area contributed by atoms with Crippen LogP contribution in [0.25, 0.3) is 0 Å². The van der Waals surface area contributed by atoms with Crippen molar-refractivity contribution in [3.63, 3.8) is 0 Å². The highest BCUT2D eigenvalue weighted by molar-refractivity contribution is 7.89. The highest BCUT2D eigenvalue weighted by Gasteiger charge is 2.24. The summed E-state index contributed by atoms with van der Waals surface area (Å²) in [6, 6.07) is 5.01. The van der Waals surface area contributed by atoms with Gasteiger partial charge in [0, 0.05) is 24.6 Å². The van der Waals surface area contributed by atoms with Gasteiger partial charge in [-0.2, -0.15) is 0 Å². The lowest BCUT2D eigenvalue weighted by molar-refractivity contribution is 0.515. The molecule has 0 atom stereocenters. The number of aromatic nitrogens is 1. The van der Waals surface area contributed by atoms with Crippen LogP contribution in [0.1, 0.15) is 5.56 Å². The van der Waals surface area contributed by atoms with Crippen LogP contribution in [0.4, 0.5) is 14.5 Å². The number of nitrogen functional groups attached to an aromatic ring is 1. The van der Waals surface area contributed by atoms with Crippen LogP contribution in [-0.2, 0) is 16.4 Å². The first kappa shape index (κ1) is 15.3. The molecule has 2 rings (SSSR count). The van der Waals surface area contributed by atoms with E-state index >= 15 is 0 Å². The first-order chi connectivity index (χ1) is 9.90. The summed E-state index contributed by atoms with van der Waals surface area (Å²) in [7, 11) is -4.28. The minimum atomic E-state index is -4.28. The molecule has 21 heavy (non-hydrogen) atoms. The van der Waals surface area contributed by atoms with E-state index in [2.05, 4.69) is 9.71 Å². The lowest BCUT2D eigenvalue weighted by atomic mass is 10.2. The normalized spacial score (nSPS) is 11.5. The fourth-order valence-corrected chi connectivity index (χ4v) is 2.93. The van der Waals surface area contributed by atoms with Gasteiger partial charge in [0.2, 0.25) is 10.0 Å². The van der Waals surface area contributed by atoms with Gasteiger partial charge in [-0.25, -0.2) is 21.9 Å². The second-order valence-corrected chi connectivity index (χ2v) is 6.03. The fraction of sp³-hybridized carbons (Fsp3) is 0.154. The molecule has 8 heteroatoms. The zero-order valence-electron chi connectivity index (χ0n) is 10.9. The summed E-state index contributed by atoms with van der Waals surface area (Å²) in [4.78, 5) is 2.86. The summed E-state index contributed by atoms with van der Waals surface area (Å²) in [6.07, 6.45) is 3.52. The number of pyridine rings is 1. The molecule has 0 aliphatic heterocycles. The third kappa shape index (κ3) is 3.73. The standard InChI is InChI=1S/C13H13F2N3O2S/c14-11-6-10(16)7-12(15)13(11)21(19,20)18-5-3-9-2-1-4-17-8-9/h1-2,4,6-8,18H,3,5,16H2. The van der Waals surface area contributed by atoms with Crippen molar-refractivity contribution in [1.29, 1.82) is 0 Å². The van der Waals surface area contributed by atoms with Crippen LogP contribution in [0.15, 0.2) is 41.6 Å². The van der Waals surface area contributed by atoms with Crippen LogP contribution in [0, 0.1) is 11.6 Å². The Hall–Kier alpha value is -2.06. The van der Waals surface area contributed by atoms with Crippen molar-refractivity contribution in [1.82, 2.24) is 9.71 Å². The minimum absolute atomic E-state index is 0.00270. The number of nitrogens with zero attached hydrogens (tertiary/aromatic N) is 1. The maximum atomic E-state index is 13.6. The molecule has 5 nitrogen and oxygen atoms in total. The molecular weight excluding hydrogens is 300 g/mol. The Balaban J connectivity index is 2.12. The molecule has 1 heterocycles. The first-order valence-electron chi connectivity index (χ1n) is 6.03. The molecule has 0 unspecified atom stereocenters. The number of benzene rings is 1. The van der Waals surface area contributed by atoms with Crippen LogP contribution in [0.5, 0.6) is 0 Å². The molecule has 0 aliphatic carbocycles. The number of nitrogens with one attached hydrogen (secondary N) is 1. The zero-order chi connectivity index (χ0) is 15.5. The fourth-order valence-electron chi connectivity index (χ4n) is 1.78. The minimum Gasteiger partial charge on any atom is -0.399 e. The van der Waals surface area contributed by atoms with E-state index in [1.165, 1.54) is 0 Å². The van der Waals surface area contributed by atoms with Gasteiger partial charge in [0.1, 0.15) is 11.6 Å². The summed E-state index contributed by atoms with van der Waals surface area (Å²) in [5.41, 5.74) is 5.87. The number of hydrogen-bond acceptors (Lipinski definition) is 4. The van der Waals surface area contributed by atoms with Crippen molar-refractivity contribution in [3.05, 3.63) is 53.9 Å². The molecule has 0 radical (unpaired) electrons. The molecule has 0 saturated carbocycles. The van der Waals surface area contributed by atoms with Crippen LogP contribution >= 0.6 is 0 Å². The van der Waals surface area contributed by atoms with Gasteiger partial charge < -0.3 is 5.73 Å².